The van der Waals surface area contributed by atoms with Crippen LogP contribution in [0.15, 0.2) is 115 Å². The van der Waals surface area contributed by atoms with E-state index in [0.717, 1.165) is 12.4 Å². The molecule has 0 saturated heterocycles. The van der Waals surface area contributed by atoms with Crippen molar-refractivity contribution >= 4 is 43.0 Å². The minimum atomic E-state index is -2.94. The van der Waals surface area contributed by atoms with E-state index in [2.05, 4.69) is 113 Å². The van der Waals surface area contributed by atoms with E-state index in [4.69, 9.17) is 0 Å². The number of hydrogen-bond acceptors (Lipinski definition) is 1. The second-order valence-corrected chi connectivity index (χ2v) is 15.8. The van der Waals surface area contributed by atoms with E-state index in [1.807, 2.05) is 12.2 Å². The molecule has 0 aliphatic rings. The Hall–Kier alpha value is -2.28. The summed E-state index contributed by atoms with van der Waals surface area (Å²) in [5.41, 5.74) is 1.21. The Morgan fingerprint density at radius 2 is 1.14 bits per heavy atom. The zero-order valence-corrected chi connectivity index (χ0v) is 18.4. The maximum absolute atomic E-state index is 10.7. The number of rotatable bonds is 7. The fraction of sp³-hybridized carbons (Fsp3) is 0.0800. The van der Waals surface area contributed by atoms with E-state index in [9.17, 15) is 4.79 Å². The van der Waals surface area contributed by atoms with Crippen molar-refractivity contribution in [1.29, 1.82) is 0 Å². The molecular weight excluding hydrogens is 427 g/mol. The molecule has 0 unspecified atom stereocenters. The summed E-state index contributed by atoms with van der Waals surface area (Å²) < 4.78 is 0. The van der Waals surface area contributed by atoms with Crippen LogP contribution in [0.5, 0.6) is 0 Å². The third kappa shape index (κ3) is 3.81. The third-order valence-corrected chi connectivity index (χ3v) is 14.7. The summed E-state index contributed by atoms with van der Waals surface area (Å²) in [5, 5.41) is 0.930. The fourth-order valence-electron chi connectivity index (χ4n) is 3.72. The van der Waals surface area contributed by atoms with Crippen LogP contribution in [-0.4, -0.2) is 12.4 Å². The molecule has 0 aromatic heterocycles. The van der Waals surface area contributed by atoms with Crippen LogP contribution in [-0.2, 0) is 4.79 Å². The summed E-state index contributed by atoms with van der Waals surface area (Å²) in [5.74, 6) is 0. The molecule has 0 amide bonds. The molecule has 3 rings (SSSR count). The average molecular weight is 451 g/mol. The first kappa shape index (κ1) is 20.5. The fourth-order valence-corrected chi connectivity index (χ4v) is 11.9. The number of hydrogen-bond donors (Lipinski definition) is 0. The van der Waals surface area contributed by atoms with Crippen molar-refractivity contribution in [2.45, 2.75) is 6.92 Å². The zero-order chi connectivity index (χ0) is 19.9. The molecule has 0 saturated carbocycles. The van der Waals surface area contributed by atoms with E-state index in [-0.39, 0.29) is 0 Å². The number of allylic oxidation sites excluding steroid dienone is 4. The summed E-state index contributed by atoms with van der Waals surface area (Å²) in [6.45, 7) is 2.13. The molecule has 0 aliphatic carbocycles. The van der Waals surface area contributed by atoms with Crippen molar-refractivity contribution in [2.75, 3.05) is 6.16 Å². The standard InChI is InChI=1S/C25H24BrOP/c1-22(13-11-12-20-27)21-28(26,23-14-5-2-6-15-23,24-16-7-3-8-17-24)25-18-9-4-10-19-25/h2-20H,21H2,1H3/b12-11+,22-13+. The number of benzene rings is 3. The van der Waals surface area contributed by atoms with E-state index in [0.29, 0.717) is 0 Å². The number of carbonyl (C=O) groups is 1. The molecule has 3 heteroatoms. The Morgan fingerprint density at radius 1 is 0.750 bits per heavy atom. The van der Waals surface area contributed by atoms with E-state index < -0.39 is 5.31 Å². The van der Waals surface area contributed by atoms with E-state index in [1.165, 1.54) is 27.6 Å². The summed E-state index contributed by atoms with van der Waals surface area (Å²) >= 11 is 4.42. The van der Waals surface area contributed by atoms with Gasteiger partial charge in [-0.1, -0.05) is 0 Å². The molecule has 1 nitrogen and oxygen atoms in total. The molecule has 3 aromatic carbocycles. The summed E-state index contributed by atoms with van der Waals surface area (Å²) in [4.78, 5) is 10.7. The molecule has 28 heavy (non-hydrogen) atoms. The molecule has 0 fully saturated rings. The van der Waals surface area contributed by atoms with E-state index in [1.54, 1.807) is 0 Å². The predicted octanol–water partition coefficient (Wildman–Crippen LogP) is 5.53. The van der Waals surface area contributed by atoms with Crippen LogP contribution in [0.2, 0.25) is 0 Å². The van der Waals surface area contributed by atoms with Crippen LogP contribution >= 0.6 is 20.8 Å². The van der Waals surface area contributed by atoms with Crippen molar-refractivity contribution in [3.63, 3.8) is 0 Å². The van der Waals surface area contributed by atoms with Crippen molar-refractivity contribution in [1.82, 2.24) is 0 Å². The van der Waals surface area contributed by atoms with Crippen LogP contribution < -0.4 is 15.9 Å². The first-order valence-electron chi connectivity index (χ1n) is 9.27. The van der Waals surface area contributed by atoms with Gasteiger partial charge in [0.25, 0.3) is 0 Å². The van der Waals surface area contributed by atoms with Gasteiger partial charge in [-0.25, -0.2) is 0 Å². The van der Waals surface area contributed by atoms with Crippen LogP contribution in [0.1, 0.15) is 6.92 Å². The molecular formula is C25H24BrOP. The average Bonchev–Trinajstić information content (AvgIpc) is 2.76. The van der Waals surface area contributed by atoms with Crippen LogP contribution in [0.4, 0.5) is 0 Å². The molecule has 0 spiro atoms. The van der Waals surface area contributed by atoms with Gasteiger partial charge in [0.05, 0.1) is 0 Å². The molecule has 0 N–H and O–H groups in total. The first-order chi connectivity index (χ1) is 13.6. The molecule has 0 atom stereocenters. The SMILES string of the molecule is C/C(=C\C=C\C=O)CP(Br)(c1ccccc1)(c1ccccc1)c1ccccc1. The topological polar surface area (TPSA) is 17.1 Å². The minimum absolute atomic E-state index is 0.809. The molecule has 0 radical (unpaired) electrons. The Morgan fingerprint density at radius 3 is 1.50 bits per heavy atom. The van der Waals surface area contributed by atoms with Gasteiger partial charge < -0.3 is 0 Å². The van der Waals surface area contributed by atoms with Gasteiger partial charge in [0.1, 0.15) is 0 Å². The van der Waals surface area contributed by atoms with Gasteiger partial charge in [0.2, 0.25) is 0 Å². The van der Waals surface area contributed by atoms with Gasteiger partial charge >= 0.3 is 176 Å². The molecule has 0 aliphatic heterocycles. The van der Waals surface area contributed by atoms with Crippen molar-refractivity contribution in [2.24, 2.45) is 0 Å². The molecule has 0 bridgehead atoms. The molecule has 3 aromatic rings. The van der Waals surface area contributed by atoms with Gasteiger partial charge in [-0.05, 0) is 0 Å². The van der Waals surface area contributed by atoms with Gasteiger partial charge in [-0.15, -0.1) is 0 Å². The van der Waals surface area contributed by atoms with Gasteiger partial charge in [0, 0.05) is 0 Å². The van der Waals surface area contributed by atoms with Gasteiger partial charge in [-0.3, -0.25) is 0 Å². The normalized spacial score (nSPS) is 13.8. The number of carbonyl (C=O) groups excluding carboxylic acids is 1. The van der Waals surface area contributed by atoms with Crippen molar-refractivity contribution < 1.29 is 4.79 Å². The Kier molecular flexibility index (Phi) is 6.44. The van der Waals surface area contributed by atoms with Gasteiger partial charge in [-0.2, -0.15) is 0 Å². The maximum atomic E-state index is 10.7. The molecule has 0 heterocycles. The van der Waals surface area contributed by atoms with Crippen LogP contribution in [0, 0.1) is 0 Å². The van der Waals surface area contributed by atoms with Crippen LogP contribution in [0.3, 0.4) is 0 Å². The molecule has 142 valence electrons. The summed E-state index contributed by atoms with van der Waals surface area (Å²) in [6.07, 6.45) is 7.03. The van der Waals surface area contributed by atoms with E-state index >= 15 is 0 Å². The zero-order valence-electron chi connectivity index (χ0n) is 15.9. The number of aldehydes is 1. The second-order valence-electron chi connectivity index (χ2n) is 6.88. The Balaban J connectivity index is 2.35. The van der Waals surface area contributed by atoms with Crippen molar-refractivity contribution in [3.8, 4) is 0 Å². The third-order valence-electron chi connectivity index (χ3n) is 5.00. The Labute approximate surface area is 175 Å². The number of halogens is 1. The van der Waals surface area contributed by atoms with Crippen LogP contribution in [0.25, 0.3) is 0 Å². The second kappa shape index (κ2) is 8.82. The summed E-state index contributed by atoms with van der Waals surface area (Å²) in [6, 6.07) is 32.2. The quantitative estimate of drug-likeness (QED) is 0.200. The predicted molar refractivity (Wildman–Crippen MR) is 128 cm³/mol. The Bertz CT molecular complexity index is 879. The summed E-state index contributed by atoms with van der Waals surface area (Å²) in [7, 11) is 0. The first-order valence-corrected chi connectivity index (χ1v) is 13.7. The van der Waals surface area contributed by atoms with Gasteiger partial charge in [0.15, 0.2) is 0 Å². The van der Waals surface area contributed by atoms with Crippen molar-refractivity contribution in [3.05, 3.63) is 115 Å². The monoisotopic (exact) mass is 450 g/mol.